The zero-order chi connectivity index (χ0) is 23.8. The molecule has 3 amide bonds. The van der Waals surface area contributed by atoms with E-state index in [4.69, 9.17) is 0 Å². The van der Waals surface area contributed by atoms with E-state index in [0.717, 1.165) is 27.4 Å². The first-order valence-corrected chi connectivity index (χ1v) is 11.2. The first-order chi connectivity index (χ1) is 15.8. The normalized spacial score (nSPS) is 18.2. The van der Waals surface area contributed by atoms with Crippen molar-refractivity contribution in [3.8, 4) is 0 Å². The van der Waals surface area contributed by atoms with Crippen molar-refractivity contribution in [3.63, 3.8) is 0 Å². The highest BCUT2D eigenvalue weighted by molar-refractivity contribution is 6.11. The van der Waals surface area contributed by atoms with E-state index in [1.54, 1.807) is 6.92 Å². The number of carbonyl (C=O) groups is 3. The van der Waals surface area contributed by atoms with Crippen molar-refractivity contribution in [2.24, 2.45) is 0 Å². The van der Waals surface area contributed by atoms with E-state index < -0.39 is 11.6 Å². The minimum atomic E-state index is -0.958. The summed E-state index contributed by atoms with van der Waals surface area (Å²) in [5.74, 6) is -0.610. The molecule has 0 spiro atoms. The van der Waals surface area contributed by atoms with Gasteiger partial charge in [-0.25, -0.2) is 4.79 Å². The number of ketones is 1. The predicted octanol–water partition coefficient (Wildman–Crippen LogP) is 4.65. The zero-order valence-electron chi connectivity index (χ0n) is 19.5. The Morgan fingerprint density at radius 3 is 2.00 bits per heavy atom. The van der Waals surface area contributed by atoms with Gasteiger partial charge in [-0.15, -0.1) is 0 Å². The van der Waals surface area contributed by atoms with Crippen LogP contribution in [-0.4, -0.2) is 39.3 Å². The summed E-state index contributed by atoms with van der Waals surface area (Å²) in [5.41, 5.74) is 3.52. The van der Waals surface area contributed by atoms with Crippen LogP contribution in [0.5, 0.6) is 0 Å². The second-order valence-electron chi connectivity index (χ2n) is 8.81. The lowest BCUT2D eigenvalue weighted by molar-refractivity contribution is -0.130. The summed E-state index contributed by atoms with van der Waals surface area (Å²) < 4.78 is 2.15. The molecule has 0 radical (unpaired) electrons. The lowest BCUT2D eigenvalue weighted by Crippen LogP contribution is -2.43. The van der Waals surface area contributed by atoms with Crippen molar-refractivity contribution >= 4 is 17.7 Å². The molecule has 0 saturated carbocycles. The summed E-state index contributed by atoms with van der Waals surface area (Å²) in [5, 5.41) is 2.71. The minimum Gasteiger partial charge on any atom is -0.337 e. The molecule has 1 aromatic heterocycles. The predicted molar refractivity (Wildman–Crippen MR) is 127 cm³/mol. The summed E-state index contributed by atoms with van der Waals surface area (Å²) in [6.07, 6.45) is 0.465. The Balaban J connectivity index is 1.71. The Morgan fingerprint density at radius 1 is 0.970 bits per heavy atom. The summed E-state index contributed by atoms with van der Waals surface area (Å²) in [7, 11) is 0. The number of rotatable bonds is 7. The van der Waals surface area contributed by atoms with E-state index in [1.165, 1.54) is 0 Å². The van der Waals surface area contributed by atoms with Crippen LogP contribution in [0.4, 0.5) is 4.79 Å². The minimum absolute atomic E-state index is 0.103. The van der Waals surface area contributed by atoms with Crippen LogP contribution < -0.4 is 5.32 Å². The molecule has 6 nitrogen and oxygen atoms in total. The molecule has 0 bridgehead atoms. The van der Waals surface area contributed by atoms with Crippen molar-refractivity contribution in [1.29, 1.82) is 0 Å². The number of nitrogens with zero attached hydrogens (tertiary/aromatic N) is 2. The number of amides is 3. The number of hydrogen-bond donors (Lipinski definition) is 1. The molecule has 33 heavy (non-hydrogen) atoms. The highest BCUT2D eigenvalue weighted by atomic mass is 16.2. The highest BCUT2D eigenvalue weighted by Crippen LogP contribution is 2.32. The molecule has 1 N–H and O–H groups in total. The van der Waals surface area contributed by atoms with E-state index in [0.29, 0.717) is 12.0 Å². The fourth-order valence-corrected chi connectivity index (χ4v) is 4.58. The molecule has 170 valence electrons. The Hall–Kier alpha value is -3.67. The molecule has 1 aliphatic rings. The Kier molecular flexibility index (Phi) is 5.93. The van der Waals surface area contributed by atoms with Gasteiger partial charge in [-0.1, -0.05) is 67.6 Å². The largest absolute Gasteiger partial charge is 0.337 e. The van der Waals surface area contributed by atoms with E-state index >= 15 is 0 Å². The molecular formula is C27H29N3O3. The topological polar surface area (TPSA) is 71.4 Å². The third-order valence-corrected chi connectivity index (χ3v) is 6.63. The second-order valence-corrected chi connectivity index (χ2v) is 8.81. The van der Waals surface area contributed by atoms with Gasteiger partial charge < -0.3 is 9.88 Å². The number of aromatic nitrogens is 1. The van der Waals surface area contributed by atoms with Gasteiger partial charge in [0, 0.05) is 17.0 Å². The molecule has 1 atom stereocenters. The van der Waals surface area contributed by atoms with Crippen molar-refractivity contribution in [2.45, 2.75) is 45.7 Å². The summed E-state index contributed by atoms with van der Waals surface area (Å²) in [4.78, 5) is 39.5. The number of carbonyl (C=O) groups excluding carboxylic acids is 3. The molecule has 2 heterocycles. The molecular weight excluding hydrogens is 414 g/mol. The van der Waals surface area contributed by atoms with E-state index in [9.17, 15) is 14.4 Å². The standard InChI is InChI=1S/C27H29N3O3/c1-5-27(4)25(32)29(26(33)28-27)17-23(31)22-16-18(2)30(19(22)3)24(20-12-8-6-9-13-20)21-14-10-7-11-15-21/h6-16,24H,5,17H2,1-4H3,(H,28,33). The molecule has 1 fully saturated rings. The van der Waals surface area contributed by atoms with Crippen LogP contribution in [0.25, 0.3) is 0 Å². The molecule has 0 aliphatic carbocycles. The number of imide groups is 1. The van der Waals surface area contributed by atoms with Gasteiger partial charge in [-0.05, 0) is 44.4 Å². The first kappa shape index (κ1) is 22.5. The Morgan fingerprint density at radius 2 is 1.52 bits per heavy atom. The number of urea groups is 1. The average molecular weight is 444 g/mol. The van der Waals surface area contributed by atoms with Gasteiger partial charge in [0.1, 0.15) is 5.54 Å². The van der Waals surface area contributed by atoms with Crippen molar-refractivity contribution in [3.05, 3.63) is 94.8 Å². The molecule has 1 saturated heterocycles. The molecule has 4 rings (SSSR count). The lowest BCUT2D eigenvalue weighted by atomic mass is 9.98. The SMILES string of the molecule is CCC1(C)NC(=O)N(CC(=O)c2cc(C)n(C(c3ccccc3)c3ccccc3)c2C)C1=O. The average Bonchev–Trinajstić information content (AvgIpc) is 3.23. The van der Waals surface area contributed by atoms with Crippen LogP contribution in [0, 0.1) is 13.8 Å². The molecule has 1 unspecified atom stereocenters. The third kappa shape index (κ3) is 3.97. The zero-order valence-corrected chi connectivity index (χ0v) is 19.5. The Labute approximate surface area is 194 Å². The quantitative estimate of drug-likeness (QED) is 0.427. The Bertz CT molecular complexity index is 1160. The van der Waals surface area contributed by atoms with E-state index in [-0.39, 0.29) is 24.3 Å². The number of aryl methyl sites for hydroxylation is 1. The number of Topliss-reactive ketones (excluding diaryl/α,β-unsaturated/α-hetero) is 1. The highest BCUT2D eigenvalue weighted by Gasteiger charge is 2.47. The number of benzene rings is 2. The van der Waals surface area contributed by atoms with Gasteiger partial charge in [0.25, 0.3) is 5.91 Å². The number of hydrogen-bond acceptors (Lipinski definition) is 3. The van der Waals surface area contributed by atoms with Crippen LogP contribution in [-0.2, 0) is 4.79 Å². The summed E-state index contributed by atoms with van der Waals surface area (Å²) >= 11 is 0. The number of nitrogens with one attached hydrogen (secondary N) is 1. The summed E-state index contributed by atoms with van der Waals surface area (Å²) in [6, 6.07) is 21.6. The maximum absolute atomic E-state index is 13.3. The molecule has 2 aromatic carbocycles. The lowest BCUT2D eigenvalue weighted by Gasteiger charge is -2.24. The van der Waals surface area contributed by atoms with Crippen LogP contribution in [0.3, 0.4) is 0 Å². The van der Waals surface area contributed by atoms with Crippen molar-refractivity contribution in [1.82, 2.24) is 14.8 Å². The second kappa shape index (κ2) is 8.70. The van der Waals surface area contributed by atoms with Crippen LogP contribution >= 0.6 is 0 Å². The molecule has 3 aromatic rings. The molecule has 6 heteroatoms. The van der Waals surface area contributed by atoms with Gasteiger partial charge in [0.15, 0.2) is 5.78 Å². The van der Waals surface area contributed by atoms with Crippen molar-refractivity contribution in [2.75, 3.05) is 6.54 Å². The smallest absolute Gasteiger partial charge is 0.325 e. The van der Waals surface area contributed by atoms with Crippen molar-refractivity contribution < 1.29 is 14.4 Å². The van der Waals surface area contributed by atoms with Crippen LogP contribution in [0.15, 0.2) is 66.7 Å². The maximum atomic E-state index is 13.3. The van der Waals surface area contributed by atoms with Crippen LogP contribution in [0.1, 0.15) is 59.2 Å². The van der Waals surface area contributed by atoms with Gasteiger partial charge >= 0.3 is 6.03 Å². The van der Waals surface area contributed by atoms with E-state index in [2.05, 4.69) is 34.1 Å². The fourth-order valence-electron chi connectivity index (χ4n) is 4.58. The van der Waals surface area contributed by atoms with Gasteiger partial charge in [-0.3, -0.25) is 14.5 Å². The third-order valence-electron chi connectivity index (χ3n) is 6.63. The fraction of sp³-hybridized carbons (Fsp3) is 0.296. The van der Waals surface area contributed by atoms with Gasteiger partial charge in [0.05, 0.1) is 12.6 Å². The van der Waals surface area contributed by atoms with Crippen LogP contribution in [0.2, 0.25) is 0 Å². The van der Waals surface area contributed by atoms with Gasteiger partial charge in [-0.2, -0.15) is 0 Å². The monoisotopic (exact) mass is 443 g/mol. The maximum Gasteiger partial charge on any atom is 0.325 e. The van der Waals surface area contributed by atoms with Gasteiger partial charge in [0.2, 0.25) is 0 Å². The van der Waals surface area contributed by atoms with E-state index in [1.807, 2.05) is 63.2 Å². The summed E-state index contributed by atoms with van der Waals surface area (Å²) in [6.45, 7) is 7.15. The molecule has 1 aliphatic heterocycles. The first-order valence-electron chi connectivity index (χ1n) is 11.2.